The monoisotopic (exact) mass is 438 g/mol. The predicted molar refractivity (Wildman–Crippen MR) is 118 cm³/mol. The maximum atomic E-state index is 13.4. The summed E-state index contributed by atoms with van der Waals surface area (Å²) in [5.74, 6) is 0.0683. The summed E-state index contributed by atoms with van der Waals surface area (Å²) >= 11 is 6.38. The summed E-state index contributed by atoms with van der Waals surface area (Å²) in [6.07, 6.45) is 1.13. The van der Waals surface area contributed by atoms with E-state index in [1.54, 1.807) is 28.8 Å². The van der Waals surface area contributed by atoms with Gasteiger partial charge in [0.15, 0.2) is 0 Å². The highest BCUT2D eigenvalue weighted by Gasteiger charge is 2.29. The van der Waals surface area contributed by atoms with Crippen molar-refractivity contribution in [1.82, 2.24) is 14.7 Å². The number of methoxy groups -OCH3 is 1. The summed E-state index contributed by atoms with van der Waals surface area (Å²) in [5.41, 5.74) is 7.94. The second-order valence-corrected chi connectivity index (χ2v) is 7.88. The molecule has 160 valence electrons. The Kier molecular flexibility index (Phi) is 5.95. The average molecular weight is 439 g/mol. The third-order valence-electron chi connectivity index (χ3n) is 5.58. The number of hydrogen-bond donors (Lipinski definition) is 1. The molecule has 1 fully saturated rings. The van der Waals surface area contributed by atoms with Crippen molar-refractivity contribution in [1.29, 1.82) is 0 Å². The average Bonchev–Trinajstić information content (AvgIpc) is 3.24. The fourth-order valence-corrected chi connectivity index (χ4v) is 4.02. The molecule has 1 aliphatic heterocycles. The lowest BCUT2D eigenvalue weighted by molar-refractivity contribution is -0.123. The van der Waals surface area contributed by atoms with Crippen LogP contribution in [0.25, 0.3) is 16.9 Å². The van der Waals surface area contributed by atoms with Gasteiger partial charge in [0.2, 0.25) is 5.91 Å². The van der Waals surface area contributed by atoms with Crippen LogP contribution in [0.15, 0.2) is 54.6 Å². The van der Waals surface area contributed by atoms with Gasteiger partial charge in [-0.05, 0) is 49.2 Å². The van der Waals surface area contributed by atoms with E-state index >= 15 is 0 Å². The number of halogens is 1. The third-order valence-corrected chi connectivity index (χ3v) is 5.91. The maximum absolute atomic E-state index is 13.4. The summed E-state index contributed by atoms with van der Waals surface area (Å²) in [5, 5.41) is 5.25. The van der Waals surface area contributed by atoms with Gasteiger partial charge >= 0.3 is 0 Å². The number of aromatic nitrogens is 2. The summed E-state index contributed by atoms with van der Waals surface area (Å²) in [4.78, 5) is 26.6. The first-order valence-corrected chi connectivity index (χ1v) is 10.4. The van der Waals surface area contributed by atoms with Gasteiger partial charge in [-0.3, -0.25) is 9.59 Å². The molecule has 31 heavy (non-hydrogen) atoms. The number of piperidine rings is 1. The number of nitrogens with two attached hydrogens (primary N) is 1. The molecule has 1 aliphatic rings. The van der Waals surface area contributed by atoms with Crippen LogP contribution in [0.3, 0.4) is 0 Å². The topological polar surface area (TPSA) is 90.5 Å². The molecule has 2 amide bonds. The molecular weight excluding hydrogens is 416 g/mol. The Bertz CT molecular complexity index is 1100. The van der Waals surface area contributed by atoms with E-state index in [0.717, 1.165) is 11.3 Å². The van der Waals surface area contributed by atoms with Gasteiger partial charge in [0.05, 0.1) is 23.5 Å². The van der Waals surface area contributed by atoms with Crippen LogP contribution in [-0.2, 0) is 4.79 Å². The summed E-state index contributed by atoms with van der Waals surface area (Å²) in [6, 6.07) is 16.5. The highest BCUT2D eigenvalue weighted by molar-refractivity contribution is 6.33. The molecule has 4 rings (SSSR count). The molecule has 8 heteroatoms. The smallest absolute Gasteiger partial charge is 0.272 e. The van der Waals surface area contributed by atoms with E-state index in [2.05, 4.69) is 0 Å². The van der Waals surface area contributed by atoms with Gasteiger partial charge in [-0.2, -0.15) is 5.10 Å². The van der Waals surface area contributed by atoms with Crippen LogP contribution in [0.1, 0.15) is 23.3 Å². The summed E-state index contributed by atoms with van der Waals surface area (Å²) < 4.78 is 6.86. The molecule has 0 spiro atoms. The summed E-state index contributed by atoms with van der Waals surface area (Å²) in [6.45, 7) is 0.948. The normalized spacial score (nSPS) is 14.5. The largest absolute Gasteiger partial charge is 0.497 e. The van der Waals surface area contributed by atoms with Crippen molar-refractivity contribution < 1.29 is 14.3 Å². The lowest BCUT2D eigenvalue weighted by Gasteiger charge is -2.30. The SMILES string of the molecule is COc1ccc(-n2nc(-c3ccccc3Cl)cc2C(=O)N2CCC(C(N)=O)CC2)cc1. The number of ether oxygens (including phenoxy) is 1. The Hall–Kier alpha value is -3.32. The van der Waals surface area contributed by atoms with Crippen LogP contribution in [0.4, 0.5) is 0 Å². The second-order valence-electron chi connectivity index (χ2n) is 7.47. The Labute approximate surface area is 185 Å². The van der Waals surface area contributed by atoms with Crippen LogP contribution in [0.5, 0.6) is 5.75 Å². The standard InChI is InChI=1S/C23H23ClN4O3/c1-31-17-8-6-16(7-9-17)28-21(14-20(26-28)18-4-2-3-5-19(18)24)23(30)27-12-10-15(11-13-27)22(25)29/h2-9,14-15H,10-13H2,1H3,(H2,25,29). The molecule has 0 bridgehead atoms. The zero-order valence-corrected chi connectivity index (χ0v) is 17.9. The number of nitrogens with zero attached hydrogens (tertiary/aromatic N) is 3. The third kappa shape index (κ3) is 4.27. The zero-order valence-electron chi connectivity index (χ0n) is 17.1. The zero-order chi connectivity index (χ0) is 22.0. The number of benzene rings is 2. The number of carbonyl (C=O) groups is 2. The van der Waals surface area contributed by atoms with Gasteiger partial charge in [0.1, 0.15) is 11.4 Å². The number of carbonyl (C=O) groups excluding carboxylic acids is 2. The first-order chi connectivity index (χ1) is 15.0. The number of rotatable bonds is 5. The molecule has 0 aliphatic carbocycles. The van der Waals surface area contributed by atoms with Gasteiger partial charge in [-0.25, -0.2) is 4.68 Å². The molecule has 0 radical (unpaired) electrons. The van der Waals surface area contributed by atoms with Gasteiger partial charge < -0.3 is 15.4 Å². The predicted octanol–water partition coefficient (Wildman–Crippen LogP) is 3.54. The summed E-state index contributed by atoms with van der Waals surface area (Å²) in [7, 11) is 1.60. The molecule has 3 aromatic rings. The molecular formula is C23H23ClN4O3. The quantitative estimate of drug-likeness (QED) is 0.659. The number of likely N-dealkylation sites (tertiary alicyclic amines) is 1. The fourth-order valence-electron chi connectivity index (χ4n) is 3.78. The molecule has 2 N–H and O–H groups in total. The molecule has 0 saturated carbocycles. The number of amides is 2. The lowest BCUT2D eigenvalue weighted by Crippen LogP contribution is -2.42. The van der Waals surface area contributed by atoms with E-state index in [-0.39, 0.29) is 17.7 Å². The number of primary amides is 1. The van der Waals surface area contributed by atoms with Crippen molar-refractivity contribution in [3.8, 4) is 22.7 Å². The van der Waals surface area contributed by atoms with Gasteiger partial charge in [0.25, 0.3) is 5.91 Å². The van der Waals surface area contributed by atoms with Crippen molar-refractivity contribution in [2.75, 3.05) is 20.2 Å². The van der Waals surface area contributed by atoms with Crippen molar-refractivity contribution >= 4 is 23.4 Å². The Balaban J connectivity index is 1.72. The van der Waals surface area contributed by atoms with Crippen molar-refractivity contribution in [2.45, 2.75) is 12.8 Å². The van der Waals surface area contributed by atoms with Gasteiger partial charge in [-0.1, -0.05) is 29.8 Å². The first-order valence-electron chi connectivity index (χ1n) is 10.1. The van der Waals surface area contributed by atoms with E-state index in [9.17, 15) is 9.59 Å². The van der Waals surface area contributed by atoms with E-state index in [4.69, 9.17) is 27.2 Å². The highest BCUT2D eigenvalue weighted by atomic mass is 35.5. The number of hydrogen-bond acceptors (Lipinski definition) is 4. The van der Waals surface area contributed by atoms with Crippen LogP contribution in [0.2, 0.25) is 5.02 Å². The molecule has 2 heterocycles. The van der Waals surface area contributed by atoms with Crippen LogP contribution in [-0.4, -0.2) is 46.7 Å². The Morgan fingerprint density at radius 3 is 2.39 bits per heavy atom. The lowest BCUT2D eigenvalue weighted by atomic mass is 9.96. The molecule has 2 aromatic carbocycles. The molecule has 0 atom stereocenters. The van der Waals surface area contributed by atoms with Crippen LogP contribution < -0.4 is 10.5 Å². The van der Waals surface area contributed by atoms with E-state index in [0.29, 0.717) is 48.1 Å². The minimum Gasteiger partial charge on any atom is -0.497 e. The second kappa shape index (κ2) is 8.81. The molecule has 7 nitrogen and oxygen atoms in total. The van der Waals surface area contributed by atoms with Crippen LogP contribution >= 0.6 is 11.6 Å². The molecule has 1 aromatic heterocycles. The van der Waals surface area contributed by atoms with Gasteiger partial charge in [0, 0.05) is 24.6 Å². The molecule has 0 unspecified atom stereocenters. The fraction of sp³-hybridized carbons (Fsp3) is 0.261. The minimum atomic E-state index is -0.309. The van der Waals surface area contributed by atoms with Crippen LogP contribution in [0, 0.1) is 5.92 Å². The van der Waals surface area contributed by atoms with E-state index in [1.165, 1.54) is 0 Å². The first kappa shape index (κ1) is 20.9. The van der Waals surface area contributed by atoms with E-state index in [1.807, 2.05) is 42.5 Å². The van der Waals surface area contributed by atoms with Crippen molar-refractivity contribution in [2.24, 2.45) is 11.7 Å². The van der Waals surface area contributed by atoms with E-state index < -0.39 is 0 Å². The molecule has 1 saturated heterocycles. The van der Waals surface area contributed by atoms with Crippen molar-refractivity contribution in [3.63, 3.8) is 0 Å². The Morgan fingerprint density at radius 1 is 1.10 bits per heavy atom. The van der Waals surface area contributed by atoms with Gasteiger partial charge in [-0.15, -0.1) is 0 Å². The maximum Gasteiger partial charge on any atom is 0.272 e. The highest BCUT2D eigenvalue weighted by Crippen LogP contribution is 2.29. The van der Waals surface area contributed by atoms with Crippen molar-refractivity contribution in [3.05, 3.63) is 65.3 Å². The Morgan fingerprint density at radius 2 is 1.77 bits per heavy atom. The minimum absolute atomic E-state index is 0.149.